The topological polar surface area (TPSA) is 118 Å². The third-order valence-corrected chi connectivity index (χ3v) is 5.23. The molecule has 1 aliphatic rings. The maximum absolute atomic E-state index is 12.1. The Bertz CT molecular complexity index is 435. The van der Waals surface area contributed by atoms with Crippen molar-refractivity contribution in [1.82, 2.24) is 9.44 Å². The largest absolute Gasteiger partial charge is 0.330 e. The van der Waals surface area contributed by atoms with E-state index >= 15 is 0 Å². The fraction of sp³-hybridized carbons (Fsp3) is 0.857. The first-order valence-electron chi connectivity index (χ1n) is 7.92. The Balaban J connectivity index is 2.55. The van der Waals surface area contributed by atoms with E-state index in [1.54, 1.807) is 0 Å². The Kier molecular flexibility index (Phi) is 8.77. The van der Waals surface area contributed by atoms with Gasteiger partial charge < -0.3 is 15.3 Å². The minimum Gasteiger partial charge on any atom is -0.330 e. The van der Waals surface area contributed by atoms with Gasteiger partial charge in [0.05, 0.1) is 12.1 Å². The second-order valence-electron chi connectivity index (χ2n) is 5.83. The van der Waals surface area contributed by atoms with Crippen molar-refractivity contribution in [3.8, 4) is 0 Å². The molecule has 0 aliphatic heterocycles. The van der Waals surface area contributed by atoms with Gasteiger partial charge in [-0.1, -0.05) is 25.7 Å². The number of aldehydes is 2. The fourth-order valence-corrected chi connectivity index (χ4v) is 4.05. The summed E-state index contributed by atoms with van der Waals surface area (Å²) in [5.74, 6) is 0.0368. The molecule has 0 aromatic heterocycles. The minimum absolute atomic E-state index is 0.0368. The number of nitrogens with two attached hydrogens (primary N) is 1. The molecular weight excluding hydrogens is 306 g/mol. The molecule has 128 valence electrons. The van der Waals surface area contributed by atoms with Crippen LogP contribution >= 0.6 is 0 Å². The Morgan fingerprint density at radius 1 is 1.05 bits per heavy atom. The summed E-state index contributed by atoms with van der Waals surface area (Å²) in [5, 5.41) is 0. The van der Waals surface area contributed by atoms with Gasteiger partial charge >= 0.3 is 0 Å². The van der Waals surface area contributed by atoms with Gasteiger partial charge in [-0.3, -0.25) is 0 Å². The highest BCUT2D eigenvalue weighted by Crippen LogP contribution is 2.26. The van der Waals surface area contributed by atoms with Gasteiger partial charge in [0.2, 0.25) is 0 Å². The molecule has 2 atom stereocenters. The number of nitrogens with one attached hydrogen (secondary N) is 2. The van der Waals surface area contributed by atoms with E-state index in [-0.39, 0.29) is 5.92 Å². The van der Waals surface area contributed by atoms with Crippen LogP contribution in [-0.4, -0.2) is 39.6 Å². The van der Waals surface area contributed by atoms with Crippen molar-refractivity contribution in [3.05, 3.63) is 0 Å². The molecule has 0 saturated heterocycles. The van der Waals surface area contributed by atoms with Crippen molar-refractivity contribution in [2.24, 2.45) is 11.7 Å². The van der Waals surface area contributed by atoms with Crippen LogP contribution in [0.15, 0.2) is 0 Å². The zero-order valence-corrected chi connectivity index (χ0v) is 13.7. The molecule has 0 aromatic carbocycles. The van der Waals surface area contributed by atoms with Crippen molar-refractivity contribution in [3.63, 3.8) is 0 Å². The van der Waals surface area contributed by atoms with Crippen LogP contribution in [0.25, 0.3) is 0 Å². The number of unbranched alkanes of at least 4 members (excludes halogenated alkanes) is 1. The molecule has 8 heteroatoms. The van der Waals surface area contributed by atoms with Crippen molar-refractivity contribution >= 4 is 22.8 Å². The van der Waals surface area contributed by atoms with Crippen molar-refractivity contribution in [2.45, 2.75) is 63.5 Å². The van der Waals surface area contributed by atoms with E-state index in [1.807, 2.05) is 0 Å². The van der Waals surface area contributed by atoms with E-state index in [0.717, 1.165) is 38.5 Å². The highest BCUT2D eigenvalue weighted by Gasteiger charge is 2.28. The summed E-state index contributed by atoms with van der Waals surface area (Å²) in [4.78, 5) is 22.2. The van der Waals surface area contributed by atoms with Crippen molar-refractivity contribution in [1.29, 1.82) is 0 Å². The third-order valence-electron chi connectivity index (χ3n) is 4.04. The van der Waals surface area contributed by atoms with E-state index in [0.29, 0.717) is 32.0 Å². The second-order valence-corrected chi connectivity index (χ2v) is 7.30. The standard InChI is InChI=1S/C14H27N3O4S/c15-9-5-4-8-13(10-18)16-22(20,21)17-14(11-19)12-6-2-1-3-7-12/h10-14,16-17H,1-9,15H2/t13-,14+/m0/s1. The molecule has 1 rings (SSSR count). The van der Waals surface area contributed by atoms with Crippen LogP contribution in [0.2, 0.25) is 0 Å². The summed E-state index contributed by atoms with van der Waals surface area (Å²) in [6.45, 7) is 0.505. The van der Waals surface area contributed by atoms with Crippen molar-refractivity contribution < 1.29 is 18.0 Å². The SMILES string of the molecule is NCCCC[C@@H](C=O)NS(=O)(=O)N[C@H](C=O)C1CCCCC1. The molecule has 22 heavy (non-hydrogen) atoms. The monoisotopic (exact) mass is 333 g/mol. The number of rotatable bonds is 11. The predicted octanol–water partition coefficient (Wildman–Crippen LogP) is 0.255. The van der Waals surface area contributed by atoms with Crippen molar-refractivity contribution in [2.75, 3.05) is 6.54 Å². The van der Waals surface area contributed by atoms with Gasteiger partial charge in [0, 0.05) is 0 Å². The summed E-state index contributed by atoms with van der Waals surface area (Å²) in [5.41, 5.74) is 5.37. The normalized spacial score (nSPS) is 19.5. The molecule has 0 radical (unpaired) electrons. The second kappa shape index (κ2) is 10.0. The molecule has 1 aliphatic carbocycles. The quantitative estimate of drug-likeness (QED) is 0.370. The molecule has 4 N–H and O–H groups in total. The number of carbonyl (C=O) groups is 2. The average molecular weight is 333 g/mol. The lowest BCUT2D eigenvalue weighted by Crippen LogP contribution is -2.50. The lowest BCUT2D eigenvalue weighted by Gasteiger charge is -2.27. The summed E-state index contributed by atoms with van der Waals surface area (Å²) in [7, 11) is -3.88. The summed E-state index contributed by atoms with van der Waals surface area (Å²) in [6.07, 6.45) is 7.88. The highest BCUT2D eigenvalue weighted by molar-refractivity contribution is 7.87. The molecule has 1 saturated carbocycles. The first kappa shape index (κ1) is 19.2. The Labute approximate surface area is 132 Å². The number of hydrogen-bond donors (Lipinski definition) is 3. The summed E-state index contributed by atoms with van der Waals surface area (Å²) >= 11 is 0. The zero-order valence-electron chi connectivity index (χ0n) is 12.9. The molecule has 0 amide bonds. The highest BCUT2D eigenvalue weighted by atomic mass is 32.2. The van der Waals surface area contributed by atoms with E-state index in [1.165, 1.54) is 0 Å². The van der Waals surface area contributed by atoms with Crippen LogP contribution < -0.4 is 15.2 Å². The lowest BCUT2D eigenvalue weighted by molar-refractivity contribution is -0.110. The average Bonchev–Trinajstić information content (AvgIpc) is 2.52. The predicted molar refractivity (Wildman–Crippen MR) is 84.4 cm³/mol. The molecule has 0 unspecified atom stereocenters. The van der Waals surface area contributed by atoms with Gasteiger partial charge in [0.15, 0.2) is 0 Å². The smallest absolute Gasteiger partial charge is 0.278 e. The molecule has 0 bridgehead atoms. The Morgan fingerprint density at radius 2 is 1.73 bits per heavy atom. The first-order chi connectivity index (χ1) is 10.5. The van der Waals surface area contributed by atoms with Crippen LogP contribution in [-0.2, 0) is 19.8 Å². The van der Waals surface area contributed by atoms with Gasteiger partial charge in [0.25, 0.3) is 10.2 Å². The fourth-order valence-electron chi connectivity index (χ4n) is 2.80. The Morgan fingerprint density at radius 3 is 2.27 bits per heavy atom. The van der Waals surface area contributed by atoms with E-state index in [4.69, 9.17) is 5.73 Å². The zero-order chi connectivity index (χ0) is 16.4. The molecule has 0 aromatic rings. The summed E-state index contributed by atoms with van der Waals surface area (Å²) in [6, 6.07) is -1.52. The summed E-state index contributed by atoms with van der Waals surface area (Å²) < 4.78 is 28.8. The minimum atomic E-state index is -3.88. The number of carbonyl (C=O) groups excluding carboxylic acids is 2. The molecule has 0 heterocycles. The van der Waals surface area contributed by atoms with Gasteiger partial charge in [-0.05, 0) is 38.1 Å². The van der Waals surface area contributed by atoms with Crippen LogP contribution in [0.4, 0.5) is 0 Å². The molecule has 1 fully saturated rings. The van der Waals surface area contributed by atoms with Crippen LogP contribution in [0.1, 0.15) is 51.4 Å². The van der Waals surface area contributed by atoms with Gasteiger partial charge in [-0.2, -0.15) is 17.9 Å². The Hall–Kier alpha value is -0.830. The number of hydrogen-bond acceptors (Lipinski definition) is 5. The third kappa shape index (κ3) is 6.95. The van der Waals surface area contributed by atoms with Gasteiger partial charge in [-0.15, -0.1) is 0 Å². The molecule has 7 nitrogen and oxygen atoms in total. The van der Waals surface area contributed by atoms with E-state index < -0.39 is 22.3 Å². The van der Waals surface area contributed by atoms with Crippen LogP contribution in [0.5, 0.6) is 0 Å². The molecule has 0 spiro atoms. The molecular formula is C14H27N3O4S. The van der Waals surface area contributed by atoms with E-state index in [9.17, 15) is 18.0 Å². The maximum atomic E-state index is 12.1. The van der Waals surface area contributed by atoms with E-state index in [2.05, 4.69) is 9.44 Å². The van der Waals surface area contributed by atoms with Crippen LogP contribution in [0, 0.1) is 5.92 Å². The maximum Gasteiger partial charge on any atom is 0.278 e. The lowest BCUT2D eigenvalue weighted by atomic mass is 9.85. The van der Waals surface area contributed by atoms with Gasteiger partial charge in [-0.25, -0.2) is 0 Å². The van der Waals surface area contributed by atoms with Gasteiger partial charge in [0.1, 0.15) is 12.6 Å². The van der Waals surface area contributed by atoms with Crippen LogP contribution in [0.3, 0.4) is 0 Å². The first-order valence-corrected chi connectivity index (χ1v) is 9.41.